The molecule has 0 rings (SSSR count). The Morgan fingerprint density at radius 2 is 0.868 bits per heavy atom. The molecular formula is C33H64O5. The molecule has 226 valence electrons. The van der Waals surface area contributed by atoms with Gasteiger partial charge in [0.25, 0.3) is 0 Å². The van der Waals surface area contributed by atoms with Crippen molar-refractivity contribution in [1.29, 1.82) is 0 Å². The number of esters is 2. The van der Waals surface area contributed by atoms with Gasteiger partial charge in [-0.1, -0.05) is 136 Å². The summed E-state index contributed by atoms with van der Waals surface area (Å²) in [5.41, 5.74) is 0. The largest absolute Gasteiger partial charge is 0.462 e. The minimum Gasteiger partial charge on any atom is -0.462 e. The molecule has 38 heavy (non-hydrogen) atoms. The molecule has 1 unspecified atom stereocenters. The van der Waals surface area contributed by atoms with Gasteiger partial charge in [-0.3, -0.25) is 9.59 Å². The van der Waals surface area contributed by atoms with Gasteiger partial charge in [0.15, 0.2) is 6.10 Å². The Morgan fingerprint density at radius 3 is 1.26 bits per heavy atom. The molecule has 0 spiro atoms. The molecular weight excluding hydrogens is 476 g/mol. The van der Waals surface area contributed by atoms with E-state index in [1.165, 1.54) is 109 Å². The Labute approximate surface area is 236 Å². The number of carbonyl (C=O) groups is 2. The summed E-state index contributed by atoms with van der Waals surface area (Å²) in [6, 6.07) is 0. The van der Waals surface area contributed by atoms with Crippen molar-refractivity contribution in [2.75, 3.05) is 13.2 Å². The number of unbranched alkanes of at least 4 members (excludes halogenated alkanes) is 19. The molecule has 5 heteroatoms. The van der Waals surface area contributed by atoms with Gasteiger partial charge in [-0.05, 0) is 26.7 Å². The van der Waals surface area contributed by atoms with Crippen LogP contribution in [0, 0.1) is 0 Å². The lowest BCUT2D eigenvalue weighted by Crippen LogP contribution is -2.30. The third kappa shape index (κ3) is 27.9. The van der Waals surface area contributed by atoms with Crippen LogP contribution in [0.25, 0.3) is 0 Å². The van der Waals surface area contributed by atoms with Gasteiger partial charge in [-0.25, -0.2) is 0 Å². The van der Waals surface area contributed by atoms with E-state index in [9.17, 15) is 9.59 Å². The number of carbonyl (C=O) groups excluding carboxylic acids is 2. The van der Waals surface area contributed by atoms with Crippen LogP contribution in [0.5, 0.6) is 0 Å². The molecule has 0 fully saturated rings. The molecule has 0 aliphatic carbocycles. The summed E-state index contributed by atoms with van der Waals surface area (Å²) in [6.07, 6.45) is 26.5. The van der Waals surface area contributed by atoms with Gasteiger partial charge in [-0.2, -0.15) is 0 Å². The maximum atomic E-state index is 12.3. The molecule has 0 aliphatic rings. The predicted octanol–water partition coefficient (Wildman–Crippen LogP) is 9.88. The van der Waals surface area contributed by atoms with Crippen molar-refractivity contribution in [3.63, 3.8) is 0 Å². The average molecular weight is 541 g/mol. The number of rotatable bonds is 29. The molecule has 0 aliphatic heterocycles. The SMILES string of the molecule is CCCCCCCCCCCCCC(=O)OCC(COC(C)C)OC(=O)CCCCCCCCCCCC. The zero-order valence-electron chi connectivity index (χ0n) is 25.9. The van der Waals surface area contributed by atoms with Crippen molar-refractivity contribution >= 4 is 11.9 Å². The lowest BCUT2D eigenvalue weighted by molar-refractivity contribution is -0.163. The van der Waals surface area contributed by atoms with Crippen LogP contribution in [0.1, 0.15) is 175 Å². The van der Waals surface area contributed by atoms with E-state index in [-0.39, 0.29) is 31.3 Å². The van der Waals surface area contributed by atoms with Gasteiger partial charge in [0.1, 0.15) is 6.61 Å². The van der Waals surface area contributed by atoms with Gasteiger partial charge < -0.3 is 14.2 Å². The first-order valence-electron chi connectivity index (χ1n) is 16.5. The Hall–Kier alpha value is -1.10. The van der Waals surface area contributed by atoms with E-state index in [1.807, 2.05) is 13.8 Å². The maximum absolute atomic E-state index is 12.3. The van der Waals surface area contributed by atoms with Crippen LogP contribution < -0.4 is 0 Å². The molecule has 0 heterocycles. The normalized spacial score (nSPS) is 12.1. The molecule has 5 nitrogen and oxygen atoms in total. The van der Waals surface area contributed by atoms with Crippen LogP contribution in [0.3, 0.4) is 0 Å². The lowest BCUT2D eigenvalue weighted by atomic mass is 10.1. The summed E-state index contributed by atoms with van der Waals surface area (Å²) < 4.78 is 16.7. The zero-order chi connectivity index (χ0) is 28.1. The molecule has 0 aromatic carbocycles. The van der Waals surface area contributed by atoms with Gasteiger partial charge in [-0.15, -0.1) is 0 Å². The smallest absolute Gasteiger partial charge is 0.306 e. The molecule has 0 aromatic rings. The minimum absolute atomic E-state index is 0.0326. The first-order valence-corrected chi connectivity index (χ1v) is 16.5. The Balaban J connectivity index is 3.90. The maximum Gasteiger partial charge on any atom is 0.306 e. The average Bonchev–Trinajstić information content (AvgIpc) is 2.89. The zero-order valence-corrected chi connectivity index (χ0v) is 25.9. The topological polar surface area (TPSA) is 61.8 Å². The van der Waals surface area contributed by atoms with Crippen LogP contribution in [-0.4, -0.2) is 37.4 Å². The molecule has 0 N–H and O–H groups in total. The van der Waals surface area contributed by atoms with E-state index >= 15 is 0 Å². The summed E-state index contributed by atoms with van der Waals surface area (Å²) >= 11 is 0. The summed E-state index contributed by atoms with van der Waals surface area (Å²) in [5, 5.41) is 0. The fourth-order valence-electron chi connectivity index (χ4n) is 4.61. The summed E-state index contributed by atoms with van der Waals surface area (Å²) in [4.78, 5) is 24.5. The quantitative estimate of drug-likeness (QED) is 0.0697. The summed E-state index contributed by atoms with van der Waals surface area (Å²) in [6.45, 7) is 8.73. The summed E-state index contributed by atoms with van der Waals surface area (Å²) in [5.74, 6) is -0.426. The second-order valence-electron chi connectivity index (χ2n) is 11.4. The van der Waals surface area contributed by atoms with Crippen LogP contribution in [0.2, 0.25) is 0 Å². The number of ether oxygens (including phenoxy) is 3. The van der Waals surface area contributed by atoms with E-state index < -0.39 is 6.10 Å². The Kier molecular flexibility index (Phi) is 28.1. The van der Waals surface area contributed by atoms with Crippen molar-refractivity contribution in [1.82, 2.24) is 0 Å². The van der Waals surface area contributed by atoms with Crippen molar-refractivity contribution in [3.05, 3.63) is 0 Å². The molecule has 1 atom stereocenters. The van der Waals surface area contributed by atoms with Crippen molar-refractivity contribution in [3.8, 4) is 0 Å². The van der Waals surface area contributed by atoms with Crippen molar-refractivity contribution in [2.24, 2.45) is 0 Å². The van der Waals surface area contributed by atoms with E-state index in [0.717, 1.165) is 25.7 Å². The van der Waals surface area contributed by atoms with Gasteiger partial charge in [0.05, 0.1) is 12.7 Å². The molecule has 0 saturated carbocycles. The number of hydrogen-bond donors (Lipinski definition) is 0. The van der Waals surface area contributed by atoms with Crippen LogP contribution in [0.4, 0.5) is 0 Å². The molecule has 0 bridgehead atoms. The van der Waals surface area contributed by atoms with E-state index in [0.29, 0.717) is 12.8 Å². The predicted molar refractivity (Wildman–Crippen MR) is 159 cm³/mol. The molecule has 0 saturated heterocycles. The highest BCUT2D eigenvalue weighted by molar-refractivity contribution is 5.70. The third-order valence-corrected chi connectivity index (χ3v) is 7.06. The fourth-order valence-corrected chi connectivity index (χ4v) is 4.61. The summed E-state index contributed by atoms with van der Waals surface area (Å²) in [7, 11) is 0. The Morgan fingerprint density at radius 1 is 0.500 bits per heavy atom. The Bertz CT molecular complexity index is 520. The first kappa shape index (κ1) is 36.9. The molecule has 0 amide bonds. The highest BCUT2D eigenvalue weighted by atomic mass is 16.6. The monoisotopic (exact) mass is 540 g/mol. The minimum atomic E-state index is -0.533. The van der Waals surface area contributed by atoms with Gasteiger partial charge >= 0.3 is 11.9 Å². The first-order chi connectivity index (χ1) is 18.5. The highest BCUT2D eigenvalue weighted by Crippen LogP contribution is 2.14. The van der Waals surface area contributed by atoms with E-state index in [1.54, 1.807) is 0 Å². The van der Waals surface area contributed by atoms with E-state index in [4.69, 9.17) is 14.2 Å². The van der Waals surface area contributed by atoms with Crippen molar-refractivity contribution in [2.45, 2.75) is 188 Å². The number of hydrogen-bond acceptors (Lipinski definition) is 5. The van der Waals surface area contributed by atoms with Crippen LogP contribution in [-0.2, 0) is 23.8 Å². The van der Waals surface area contributed by atoms with Crippen LogP contribution in [0.15, 0.2) is 0 Å². The van der Waals surface area contributed by atoms with Crippen LogP contribution >= 0.6 is 0 Å². The highest BCUT2D eigenvalue weighted by Gasteiger charge is 2.18. The standard InChI is InChI=1S/C33H64O5/c1-5-7-9-11-13-15-17-19-20-22-24-26-32(34)37-29-31(28-36-30(3)4)38-33(35)27-25-23-21-18-16-14-12-10-8-6-2/h30-31H,5-29H2,1-4H3. The van der Waals surface area contributed by atoms with Crippen molar-refractivity contribution < 1.29 is 23.8 Å². The van der Waals surface area contributed by atoms with Gasteiger partial charge in [0.2, 0.25) is 0 Å². The van der Waals surface area contributed by atoms with E-state index in [2.05, 4.69) is 13.8 Å². The molecule has 0 radical (unpaired) electrons. The van der Waals surface area contributed by atoms with Gasteiger partial charge in [0, 0.05) is 12.8 Å². The third-order valence-electron chi connectivity index (χ3n) is 7.06. The molecule has 0 aromatic heterocycles. The lowest BCUT2D eigenvalue weighted by Gasteiger charge is -2.19. The second-order valence-corrected chi connectivity index (χ2v) is 11.4. The fraction of sp³-hybridized carbons (Fsp3) is 0.939. The second kappa shape index (κ2) is 28.9.